The van der Waals surface area contributed by atoms with E-state index in [1.54, 1.807) is 17.9 Å². The number of hydrogen-bond donors (Lipinski definition) is 3. The third-order valence-corrected chi connectivity index (χ3v) is 4.78. The van der Waals surface area contributed by atoms with E-state index >= 15 is 0 Å². The number of nitrogens with one attached hydrogen (secondary N) is 1. The van der Waals surface area contributed by atoms with Crippen LogP contribution in [0.5, 0.6) is 5.75 Å². The van der Waals surface area contributed by atoms with Gasteiger partial charge in [-0.05, 0) is 25.1 Å². The third-order valence-electron chi connectivity index (χ3n) is 3.68. The summed E-state index contributed by atoms with van der Waals surface area (Å²) in [6.07, 6.45) is 1.48. The Hall–Kier alpha value is -2.38. The first kappa shape index (κ1) is 17.4. The Bertz CT molecular complexity index is 851. The molecule has 0 amide bonds. The number of aromatic nitrogens is 3. The first-order chi connectivity index (χ1) is 12.0. The SMILES string of the molecule is Cc1nn(C)c(Cl)c1S.Nc1ccccc1C1Nc2ncccc2O1. The lowest BCUT2D eigenvalue weighted by atomic mass is 10.1. The molecule has 0 saturated heterocycles. The van der Waals surface area contributed by atoms with Crippen LogP contribution in [0.25, 0.3) is 0 Å². The van der Waals surface area contributed by atoms with Crippen molar-refractivity contribution in [2.75, 3.05) is 11.1 Å². The maximum absolute atomic E-state index is 5.89. The first-order valence-corrected chi connectivity index (χ1v) is 8.40. The van der Waals surface area contributed by atoms with E-state index in [2.05, 4.69) is 28.0 Å². The van der Waals surface area contributed by atoms with Crippen molar-refractivity contribution in [1.82, 2.24) is 14.8 Å². The molecule has 1 atom stereocenters. The Morgan fingerprint density at radius 2 is 2.04 bits per heavy atom. The van der Waals surface area contributed by atoms with E-state index < -0.39 is 0 Å². The number of nitrogens with zero attached hydrogens (tertiary/aromatic N) is 3. The number of thiol groups is 1. The lowest BCUT2D eigenvalue weighted by Gasteiger charge is -2.13. The topological polar surface area (TPSA) is 78.0 Å². The molecule has 1 unspecified atom stereocenters. The van der Waals surface area contributed by atoms with Gasteiger partial charge < -0.3 is 15.8 Å². The summed E-state index contributed by atoms with van der Waals surface area (Å²) in [6.45, 7) is 1.87. The number of hydrogen-bond acceptors (Lipinski definition) is 6. The van der Waals surface area contributed by atoms with Gasteiger partial charge in [-0.2, -0.15) is 5.10 Å². The quantitative estimate of drug-likeness (QED) is 0.445. The first-order valence-electron chi connectivity index (χ1n) is 7.58. The molecule has 3 aromatic rings. The molecule has 25 heavy (non-hydrogen) atoms. The Kier molecular flexibility index (Phi) is 5.06. The van der Waals surface area contributed by atoms with Gasteiger partial charge in [0.05, 0.1) is 10.6 Å². The van der Waals surface area contributed by atoms with E-state index in [9.17, 15) is 0 Å². The molecule has 0 spiro atoms. The van der Waals surface area contributed by atoms with Gasteiger partial charge in [-0.1, -0.05) is 29.8 Å². The molecule has 2 aromatic heterocycles. The van der Waals surface area contributed by atoms with E-state index in [1.165, 1.54) is 0 Å². The maximum atomic E-state index is 5.89. The average molecular weight is 376 g/mol. The molecule has 130 valence electrons. The Morgan fingerprint density at radius 3 is 2.60 bits per heavy atom. The summed E-state index contributed by atoms with van der Waals surface area (Å²) in [5.41, 5.74) is 8.41. The van der Waals surface area contributed by atoms with Crippen LogP contribution in [0.4, 0.5) is 11.5 Å². The highest BCUT2D eigenvalue weighted by atomic mass is 35.5. The van der Waals surface area contributed by atoms with Crippen molar-refractivity contribution in [1.29, 1.82) is 0 Å². The second-order valence-electron chi connectivity index (χ2n) is 5.47. The molecule has 0 fully saturated rings. The third kappa shape index (κ3) is 3.67. The van der Waals surface area contributed by atoms with Crippen LogP contribution in [0.15, 0.2) is 47.5 Å². The molecule has 1 aromatic carbocycles. The molecule has 3 N–H and O–H groups in total. The number of nitrogens with two attached hydrogens (primary N) is 1. The van der Waals surface area contributed by atoms with Crippen molar-refractivity contribution in [2.24, 2.45) is 7.05 Å². The van der Waals surface area contributed by atoms with Gasteiger partial charge >= 0.3 is 0 Å². The number of halogens is 1. The molecule has 6 nitrogen and oxygen atoms in total. The van der Waals surface area contributed by atoms with Crippen LogP contribution in [-0.2, 0) is 7.05 Å². The molecule has 0 bridgehead atoms. The summed E-state index contributed by atoms with van der Waals surface area (Å²) in [4.78, 5) is 4.95. The minimum absolute atomic E-state index is 0.244. The summed E-state index contributed by atoms with van der Waals surface area (Å²) in [7, 11) is 1.79. The second-order valence-corrected chi connectivity index (χ2v) is 6.27. The zero-order valence-electron chi connectivity index (χ0n) is 13.8. The predicted octanol–water partition coefficient (Wildman–Crippen LogP) is 3.84. The smallest absolute Gasteiger partial charge is 0.199 e. The molecule has 3 heterocycles. The highest BCUT2D eigenvalue weighted by molar-refractivity contribution is 7.80. The van der Waals surface area contributed by atoms with Gasteiger partial charge in [0.1, 0.15) is 5.15 Å². The molecule has 0 aliphatic carbocycles. The number of anilines is 2. The normalized spacial score (nSPS) is 14.8. The van der Waals surface area contributed by atoms with Crippen LogP contribution in [0.1, 0.15) is 17.5 Å². The zero-order valence-corrected chi connectivity index (χ0v) is 15.4. The average Bonchev–Trinajstić information content (AvgIpc) is 3.13. The van der Waals surface area contributed by atoms with Crippen molar-refractivity contribution in [3.63, 3.8) is 0 Å². The van der Waals surface area contributed by atoms with Crippen molar-refractivity contribution in [2.45, 2.75) is 18.0 Å². The van der Waals surface area contributed by atoms with Gasteiger partial charge in [0.15, 0.2) is 17.8 Å². The molecule has 1 aliphatic heterocycles. The monoisotopic (exact) mass is 375 g/mol. The molecule has 4 rings (SSSR count). The van der Waals surface area contributed by atoms with Crippen molar-refractivity contribution < 1.29 is 4.74 Å². The number of benzene rings is 1. The fourth-order valence-electron chi connectivity index (χ4n) is 2.38. The van der Waals surface area contributed by atoms with Crippen molar-refractivity contribution in [3.8, 4) is 5.75 Å². The van der Waals surface area contributed by atoms with E-state index in [0.29, 0.717) is 10.8 Å². The van der Waals surface area contributed by atoms with Crippen LogP contribution < -0.4 is 15.8 Å². The van der Waals surface area contributed by atoms with Gasteiger partial charge in [-0.3, -0.25) is 4.68 Å². The molecular formula is C17H18ClN5OS. The molecule has 0 saturated carbocycles. The fourth-order valence-corrected chi connectivity index (χ4v) is 2.75. The van der Waals surface area contributed by atoms with Gasteiger partial charge in [-0.25, -0.2) is 4.98 Å². The Morgan fingerprint density at radius 1 is 1.28 bits per heavy atom. The minimum Gasteiger partial charge on any atom is -0.462 e. The number of para-hydroxylation sites is 1. The lowest BCUT2D eigenvalue weighted by Crippen LogP contribution is -2.12. The number of pyridine rings is 1. The molecule has 8 heteroatoms. The number of rotatable bonds is 1. The summed E-state index contributed by atoms with van der Waals surface area (Å²) in [5.74, 6) is 1.52. The van der Waals surface area contributed by atoms with Crippen LogP contribution in [0, 0.1) is 6.92 Å². The lowest BCUT2D eigenvalue weighted by molar-refractivity contribution is 0.260. The summed E-state index contributed by atoms with van der Waals surface area (Å²) >= 11 is 9.84. The van der Waals surface area contributed by atoms with E-state index in [4.69, 9.17) is 22.1 Å². The predicted molar refractivity (Wildman–Crippen MR) is 102 cm³/mol. The van der Waals surface area contributed by atoms with Crippen LogP contribution in [0.2, 0.25) is 5.15 Å². The Balaban J connectivity index is 0.000000173. The maximum Gasteiger partial charge on any atom is 0.199 e. The fraction of sp³-hybridized carbons (Fsp3) is 0.176. The van der Waals surface area contributed by atoms with Crippen LogP contribution in [-0.4, -0.2) is 14.8 Å². The number of nitrogen functional groups attached to an aromatic ring is 1. The van der Waals surface area contributed by atoms with E-state index in [0.717, 1.165) is 27.7 Å². The molecular weight excluding hydrogens is 358 g/mol. The second kappa shape index (κ2) is 7.25. The zero-order chi connectivity index (χ0) is 18.0. The highest BCUT2D eigenvalue weighted by Crippen LogP contribution is 2.37. The number of ether oxygens (including phenoxy) is 1. The molecule has 0 radical (unpaired) electrons. The molecule has 1 aliphatic rings. The minimum atomic E-state index is -0.244. The van der Waals surface area contributed by atoms with Crippen molar-refractivity contribution in [3.05, 3.63) is 59.0 Å². The van der Waals surface area contributed by atoms with Gasteiger partial charge in [-0.15, -0.1) is 12.6 Å². The van der Waals surface area contributed by atoms with Gasteiger partial charge in [0, 0.05) is 24.5 Å². The van der Waals surface area contributed by atoms with E-state index in [-0.39, 0.29) is 6.23 Å². The van der Waals surface area contributed by atoms with Crippen molar-refractivity contribution >= 4 is 35.7 Å². The summed E-state index contributed by atoms with van der Waals surface area (Å²) < 4.78 is 7.32. The summed E-state index contributed by atoms with van der Waals surface area (Å²) in [6, 6.07) is 11.4. The van der Waals surface area contributed by atoms with Gasteiger partial charge in [0.25, 0.3) is 0 Å². The standard InChI is InChI=1S/C12H11N3O.C5H7ClN2S/c13-9-5-2-1-4-8(9)12-15-11-10(16-12)6-3-7-14-11;1-3-4(9)5(6)8(2)7-3/h1-7,12H,13H2,(H,14,15);9H,1-2H3. The largest absolute Gasteiger partial charge is 0.462 e. The Labute approximate surface area is 156 Å². The van der Waals surface area contributed by atoms with E-state index in [1.807, 2.05) is 43.3 Å². The number of aryl methyl sites for hydroxylation is 2. The van der Waals surface area contributed by atoms with Crippen LogP contribution >= 0.6 is 24.2 Å². The number of fused-ring (bicyclic) bond motifs is 1. The van der Waals surface area contributed by atoms with Gasteiger partial charge in [0.2, 0.25) is 0 Å². The van der Waals surface area contributed by atoms with Crippen LogP contribution in [0.3, 0.4) is 0 Å². The highest BCUT2D eigenvalue weighted by Gasteiger charge is 2.25. The summed E-state index contributed by atoms with van der Waals surface area (Å²) in [5, 5.41) is 7.79.